The Morgan fingerprint density at radius 3 is 2.94 bits per heavy atom. The Kier molecular flexibility index (Phi) is 3.90. The van der Waals surface area contributed by atoms with Gasteiger partial charge in [0.25, 0.3) is 0 Å². The molecule has 3 heteroatoms. The molecule has 1 aromatic carbocycles. The lowest BCUT2D eigenvalue weighted by atomic mass is 10.1. The fraction of sp³-hybridized carbons (Fsp3) is 0.533. The second-order valence-electron chi connectivity index (χ2n) is 4.94. The van der Waals surface area contributed by atoms with E-state index in [2.05, 4.69) is 12.1 Å². The molecule has 0 radical (unpaired) electrons. The Labute approximate surface area is 109 Å². The standard InChI is InChI=1S/C15H21NO2/c1-4-6-15(17)16(2)14-10-13(14)11-7-5-8-12(9-11)18-3/h5,7-9,13-14H,4,6,10H2,1-3H3/t13-,14+/m0/s1. The van der Waals surface area contributed by atoms with Crippen molar-refractivity contribution in [2.45, 2.75) is 38.1 Å². The van der Waals surface area contributed by atoms with Crippen LogP contribution in [0.15, 0.2) is 24.3 Å². The third-order valence-corrected chi connectivity index (χ3v) is 3.63. The van der Waals surface area contributed by atoms with E-state index in [0.29, 0.717) is 18.4 Å². The van der Waals surface area contributed by atoms with E-state index in [9.17, 15) is 4.79 Å². The molecule has 0 unspecified atom stereocenters. The molecule has 0 saturated heterocycles. The van der Waals surface area contributed by atoms with Crippen LogP contribution in [0.4, 0.5) is 0 Å². The number of carbonyl (C=O) groups excluding carboxylic acids is 1. The van der Waals surface area contributed by atoms with Gasteiger partial charge < -0.3 is 9.64 Å². The molecule has 1 aliphatic carbocycles. The predicted octanol–water partition coefficient (Wildman–Crippen LogP) is 2.81. The van der Waals surface area contributed by atoms with E-state index in [0.717, 1.165) is 18.6 Å². The number of methoxy groups -OCH3 is 1. The number of hydrogen-bond acceptors (Lipinski definition) is 2. The Balaban J connectivity index is 1.99. The molecule has 98 valence electrons. The van der Waals surface area contributed by atoms with Crippen molar-refractivity contribution in [1.82, 2.24) is 4.90 Å². The molecule has 1 aromatic rings. The van der Waals surface area contributed by atoms with Crippen molar-refractivity contribution in [3.8, 4) is 5.75 Å². The number of hydrogen-bond donors (Lipinski definition) is 0. The zero-order valence-electron chi connectivity index (χ0n) is 11.3. The molecule has 1 amide bonds. The van der Waals surface area contributed by atoms with Crippen LogP contribution in [0.3, 0.4) is 0 Å². The van der Waals surface area contributed by atoms with Crippen LogP contribution in [0.25, 0.3) is 0 Å². The van der Waals surface area contributed by atoms with Crippen molar-refractivity contribution in [3.05, 3.63) is 29.8 Å². The average Bonchev–Trinajstić information content (AvgIpc) is 3.18. The molecule has 0 aromatic heterocycles. The van der Waals surface area contributed by atoms with Crippen molar-refractivity contribution < 1.29 is 9.53 Å². The summed E-state index contributed by atoms with van der Waals surface area (Å²) >= 11 is 0. The molecule has 0 N–H and O–H groups in total. The Bertz CT molecular complexity index is 430. The topological polar surface area (TPSA) is 29.5 Å². The first-order valence-electron chi connectivity index (χ1n) is 6.57. The molecule has 2 atom stereocenters. The minimum atomic E-state index is 0.257. The molecule has 2 rings (SSSR count). The van der Waals surface area contributed by atoms with Gasteiger partial charge in [0, 0.05) is 25.4 Å². The van der Waals surface area contributed by atoms with Crippen LogP contribution in [0.5, 0.6) is 5.75 Å². The molecule has 0 heterocycles. The maximum absolute atomic E-state index is 11.8. The van der Waals surface area contributed by atoms with Gasteiger partial charge in [0.15, 0.2) is 0 Å². The zero-order chi connectivity index (χ0) is 13.1. The average molecular weight is 247 g/mol. The van der Waals surface area contributed by atoms with Crippen LogP contribution < -0.4 is 4.74 Å². The Morgan fingerprint density at radius 1 is 1.50 bits per heavy atom. The van der Waals surface area contributed by atoms with E-state index in [1.807, 2.05) is 31.0 Å². The summed E-state index contributed by atoms with van der Waals surface area (Å²) in [4.78, 5) is 13.7. The smallest absolute Gasteiger partial charge is 0.222 e. The van der Waals surface area contributed by atoms with Crippen LogP contribution in [0.2, 0.25) is 0 Å². The summed E-state index contributed by atoms with van der Waals surface area (Å²) in [7, 11) is 3.60. The molecule has 3 nitrogen and oxygen atoms in total. The lowest BCUT2D eigenvalue weighted by Gasteiger charge is -2.17. The summed E-state index contributed by atoms with van der Waals surface area (Å²) in [6, 6.07) is 8.52. The molecule has 1 fully saturated rings. The summed E-state index contributed by atoms with van der Waals surface area (Å²) < 4.78 is 5.23. The van der Waals surface area contributed by atoms with Gasteiger partial charge in [-0.3, -0.25) is 4.79 Å². The lowest BCUT2D eigenvalue weighted by molar-refractivity contribution is -0.130. The number of ether oxygens (including phenoxy) is 1. The van der Waals surface area contributed by atoms with Crippen molar-refractivity contribution in [3.63, 3.8) is 0 Å². The minimum Gasteiger partial charge on any atom is -0.497 e. The van der Waals surface area contributed by atoms with Crippen molar-refractivity contribution in [1.29, 1.82) is 0 Å². The fourth-order valence-electron chi connectivity index (χ4n) is 2.42. The highest BCUT2D eigenvalue weighted by Crippen LogP contribution is 2.45. The Hall–Kier alpha value is -1.51. The molecule has 1 saturated carbocycles. The molecular formula is C15H21NO2. The fourth-order valence-corrected chi connectivity index (χ4v) is 2.42. The van der Waals surface area contributed by atoms with Gasteiger partial charge in [0.05, 0.1) is 7.11 Å². The maximum Gasteiger partial charge on any atom is 0.222 e. The molecule has 0 bridgehead atoms. The number of nitrogens with zero attached hydrogens (tertiary/aromatic N) is 1. The van der Waals surface area contributed by atoms with E-state index in [4.69, 9.17) is 4.74 Å². The van der Waals surface area contributed by atoms with Crippen LogP contribution >= 0.6 is 0 Å². The lowest BCUT2D eigenvalue weighted by Crippen LogP contribution is -2.29. The highest BCUT2D eigenvalue weighted by molar-refractivity contribution is 5.76. The van der Waals surface area contributed by atoms with E-state index >= 15 is 0 Å². The number of benzene rings is 1. The first kappa shape index (κ1) is 12.9. The summed E-state index contributed by atoms with van der Waals surface area (Å²) in [6.45, 7) is 2.04. The second kappa shape index (κ2) is 5.42. The summed E-state index contributed by atoms with van der Waals surface area (Å²) in [6.07, 6.45) is 2.64. The summed E-state index contributed by atoms with van der Waals surface area (Å²) in [5.41, 5.74) is 1.27. The highest BCUT2D eigenvalue weighted by Gasteiger charge is 2.42. The number of likely N-dealkylation sites (N-methyl/N-ethyl adjacent to an activating group) is 1. The zero-order valence-corrected chi connectivity index (χ0v) is 11.3. The molecule has 18 heavy (non-hydrogen) atoms. The van der Waals surface area contributed by atoms with Crippen LogP contribution in [0, 0.1) is 0 Å². The quantitative estimate of drug-likeness (QED) is 0.800. The van der Waals surface area contributed by atoms with Crippen molar-refractivity contribution >= 4 is 5.91 Å². The summed E-state index contributed by atoms with van der Waals surface area (Å²) in [5, 5.41) is 0. The van der Waals surface area contributed by atoms with Crippen LogP contribution in [0.1, 0.15) is 37.7 Å². The normalized spacial score (nSPS) is 21.5. The SMILES string of the molecule is CCCC(=O)N(C)[C@@H]1C[C@H]1c1cccc(OC)c1. The van der Waals surface area contributed by atoms with Gasteiger partial charge in [0.1, 0.15) is 5.75 Å². The highest BCUT2D eigenvalue weighted by atomic mass is 16.5. The number of rotatable bonds is 5. The van der Waals surface area contributed by atoms with Gasteiger partial charge in [-0.2, -0.15) is 0 Å². The second-order valence-corrected chi connectivity index (χ2v) is 4.94. The van der Waals surface area contributed by atoms with Crippen molar-refractivity contribution in [2.24, 2.45) is 0 Å². The number of amides is 1. The van der Waals surface area contributed by atoms with E-state index < -0.39 is 0 Å². The van der Waals surface area contributed by atoms with Gasteiger partial charge in [-0.25, -0.2) is 0 Å². The van der Waals surface area contributed by atoms with Gasteiger partial charge in [-0.15, -0.1) is 0 Å². The maximum atomic E-state index is 11.8. The predicted molar refractivity (Wildman–Crippen MR) is 71.8 cm³/mol. The van der Waals surface area contributed by atoms with Gasteiger partial charge in [-0.1, -0.05) is 19.1 Å². The van der Waals surface area contributed by atoms with Gasteiger partial charge >= 0.3 is 0 Å². The Morgan fingerprint density at radius 2 is 2.28 bits per heavy atom. The number of carbonyl (C=O) groups is 1. The van der Waals surface area contributed by atoms with E-state index in [-0.39, 0.29) is 5.91 Å². The van der Waals surface area contributed by atoms with Crippen molar-refractivity contribution in [2.75, 3.05) is 14.2 Å². The van der Waals surface area contributed by atoms with Crippen LogP contribution in [-0.4, -0.2) is 31.0 Å². The van der Waals surface area contributed by atoms with Gasteiger partial charge in [0.2, 0.25) is 5.91 Å². The third kappa shape index (κ3) is 2.66. The molecule has 0 spiro atoms. The summed E-state index contributed by atoms with van der Waals surface area (Å²) in [5.74, 6) is 1.62. The van der Waals surface area contributed by atoms with Crippen LogP contribution in [-0.2, 0) is 4.79 Å². The minimum absolute atomic E-state index is 0.257. The van der Waals surface area contributed by atoms with E-state index in [1.165, 1.54) is 5.56 Å². The first-order valence-corrected chi connectivity index (χ1v) is 6.57. The molecular weight excluding hydrogens is 226 g/mol. The van der Waals surface area contributed by atoms with Gasteiger partial charge in [-0.05, 0) is 30.5 Å². The molecule has 1 aliphatic rings. The third-order valence-electron chi connectivity index (χ3n) is 3.63. The molecule has 0 aliphatic heterocycles. The monoisotopic (exact) mass is 247 g/mol. The van der Waals surface area contributed by atoms with E-state index in [1.54, 1.807) is 7.11 Å². The largest absolute Gasteiger partial charge is 0.497 e. The first-order chi connectivity index (χ1) is 8.67.